The predicted molar refractivity (Wildman–Crippen MR) is 84.0 cm³/mol. The molecule has 1 amide bonds. The average Bonchev–Trinajstić information content (AvgIpc) is 3.08. The number of likely N-dealkylation sites (N-methyl/N-ethyl adjacent to an activating group) is 1. The Morgan fingerprint density at radius 2 is 2.24 bits per heavy atom. The number of ether oxygens (including phenoxy) is 1. The number of hydrogen-bond acceptors (Lipinski definition) is 5. The summed E-state index contributed by atoms with van der Waals surface area (Å²) in [5, 5.41) is 2.95. The van der Waals surface area contributed by atoms with Crippen molar-refractivity contribution < 1.29 is 9.53 Å². The SMILES string of the molecule is CCOC(C)c1nc(CN(C)C(=O)C2(N)CCCC2)cs1. The molecule has 6 heteroatoms. The van der Waals surface area contributed by atoms with Gasteiger partial charge in [-0.2, -0.15) is 0 Å². The van der Waals surface area contributed by atoms with Gasteiger partial charge in [-0.15, -0.1) is 11.3 Å². The van der Waals surface area contributed by atoms with E-state index >= 15 is 0 Å². The summed E-state index contributed by atoms with van der Waals surface area (Å²) in [5.41, 5.74) is 6.46. The molecule has 1 heterocycles. The van der Waals surface area contributed by atoms with E-state index in [1.54, 1.807) is 23.3 Å². The molecule has 0 saturated heterocycles. The third kappa shape index (κ3) is 3.81. The molecule has 1 aliphatic rings. The van der Waals surface area contributed by atoms with Gasteiger partial charge in [0.1, 0.15) is 11.1 Å². The summed E-state index contributed by atoms with van der Waals surface area (Å²) in [6.07, 6.45) is 3.68. The van der Waals surface area contributed by atoms with Crippen molar-refractivity contribution >= 4 is 17.2 Å². The number of nitrogens with two attached hydrogens (primary N) is 1. The fourth-order valence-electron chi connectivity index (χ4n) is 2.82. The molecule has 0 bridgehead atoms. The molecular weight excluding hydrogens is 286 g/mol. The Labute approximate surface area is 130 Å². The second-order valence-electron chi connectivity index (χ2n) is 5.80. The number of thiazole rings is 1. The molecule has 0 aliphatic heterocycles. The number of carbonyl (C=O) groups excluding carboxylic acids is 1. The summed E-state index contributed by atoms with van der Waals surface area (Å²) in [5.74, 6) is 0.0346. The lowest BCUT2D eigenvalue weighted by atomic mass is 9.97. The average molecular weight is 311 g/mol. The van der Waals surface area contributed by atoms with Crippen LogP contribution in [0.2, 0.25) is 0 Å². The molecule has 1 atom stereocenters. The van der Waals surface area contributed by atoms with E-state index in [1.807, 2.05) is 19.2 Å². The standard InChI is InChI=1S/C15H25N3O2S/c1-4-20-11(2)13-17-12(10-21-13)9-18(3)14(19)15(16)7-5-6-8-15/h10-11H,4-9,16H2,1-3H3. The van der Waals surface area contributed by atoms with Gasteiger partial charge in [0, 0.05) is 19.0 Å². The molecule has 1 aliphatic carbocycles. The fourth-order valence-corrected chi connectivity index (χ4v) is 3.63. The van der Waals surface area contributed by atoms with Gasteiger partial charge in [0.05, 0.1) is 17.8 Å². The second-order valence-corrected chi connectivity index (χ2v) is 6.69. The van der Waals surface area contributed by atoms with Gasteiger partial charge in [-0.3, -0.25) is 4.79 Å². The maximum absolute atomic E-state index is 12.5. The molecule has 2 N–H and O–H groups in total. The number of hydrogen-bond donors (Lipinski definition) is 1. The van der Waals surface area contributed by atoms with Crippen LogP contribution in [0.25, 0.3) is 0 Å². The first kappa shape index (κ1) is 16.4. The van der Waals surface area contributed by atoms with Crippen LogP contribution in [-0.4, -0.2) is 35.0 Å². The topological polar surface area (TPSA) is 68.5 Å². The van der Waals surface area contributed by atoms with Crippen molar-refractivity contribution in [1.82, 2.24) is 9.88 Å². The van der Waals surface area contributed by atoms with Crippen molar-refractivity contribution in [3.05, 3.63) is 16.1 Å². The van der Waals surface area contributed by atoms with Crippen LogP contribution >= 0.6 is 11.3 Å². The van der Waals surface area contributed by atoms with Gasteiger partial charge in [0.25, 0.3) is 0 Å². The Balaban J connectivity index is 1.96. The summed E-state index contributed by atoms with van der Waals surface area (Å²) in [6.45, 7) is 5.14. The summed E-state index contributed by atoms with van der Waals surface area (Å²) in [7, 11) is 1.81. The van der Waals surface area contributed by atoms with E-state index in [0.29, 0.717) is 13.2 Å². The number of aromatic nitrogens is 1. The number of nitrogens with zero attached hydrogens (tertiary/aromatic N) is 2. The minimum absolute atomic E-state index is 0.00504. The van der Waals surface area contributed by atoms with Gasteiger partial charge in [0.2, 0.25) is 5.91 Å². The van der Waals surface area contributed by atoms with Crippen LogP contribution in [-0.2, 0) is 16.1 Å². The fraction of sp³-hybridized carbons (Fsp3) is 0.733. The van der Waals surface area contributed by atoms with Gasteiger partial charge in [-0.1, -0.05) is 12.8 Å². The van der Waals surface area contributed by atoms with Crippen LogP contribution in [0.1, 0.15) is 56.3 Å². The largest absolute Gasteiger partial charge is 0.372 e. The Morgan fingerprint density at radius 3 is 2.86 bits per heavy atom. The molecule has 0 aromatic carbocycles. The summed E-state index contributed by atoms with van der Waals surface area (Å²) >= 11 is 1.58. The van der Waals surface area contributed by atoms with E-state index in [9.17, 15) is 4.79 Å². The lowest BCUT2D eigenvalue weighted by molar-refractivity contribution is -0.136. The Morgan fingerprint density at radius 1 is 1.57 bits per heavy atom. The first-order chi connectivity index (χ1) is 9.96. The minimum atomic E-state index is -0.661. The molecule has 1 saturated carbocycles. The zero-order chi connectivity index (χ0) is 15.5. The van der Waals surface area contributed by atoms with Gasteiger partial charge in [-0.25, -0.2) is 4.98 Å². The molecule has 118 valence electrons. The highest BCUT2D eigenvalue weighted by atomic mass is 32.1. The highest BCUT2D eigenvalue weighted by Crippen LogP contribution is 2.29. The monoisotopic (exact) mass is 311 g/mol. The first-order valence-electron chi connectivity index (χ1n) is 7.56. The van der Waals surface area contributed by atoms with Gasteiger partial charge in [-0.05, 0) is 26.7 Å². The summed E-state index contributed by atoms with van der Waals surface area (Å²) in [4.78, 5) is 18.7. The maximum Gasteiger partial charge on any atom is 0.242 e. The molecule has 0 spiro atoms. The molecule has 21 heavy (non-hydrogen) atoms. The van der Waals surface area contributed by atoms with Crippen LogP contribution in [0.3, 0.4) is 0 Å². The molecule has 1 aromatic heterocycles. The molecule has 0 radical (unpaired) electrons. The van der Waals surface area contributed by atoms with Crippen molar-refractivity contribution in [2.45, 2.75) is 57.7 Å². The summed E-state index contributed by atoms with van der Waals surface area (Å²) < 4.78 is 5.54. The Hall–Kier alpha value is -0.980. The van der Waals surface area contributed by atoms with E-state index in [0.717, 1.165) is 36.4 Å². The quantitative estimate of drug-likeness (QED) is 0.876. The molecule has 1 aromatic rings. The zero-order valence-corrected chi connectivity index (χ0v) is 13.9. The lowest BCUT2D eigenvalue weighted by Gasteiger charge is -2.28. The lowest BCUT2D eigenvalue weighted by Crippen LogP contribution is -2.52. The van der Waals surface area contributed by atoms with Gasteiger partial charge < -0.3 is 15.4 Å². The molecule has 1 fully saturated rings. The van der Waals surface area contributed by atoms with Crippen molar-refractivity contribution in [2.75, 3.05) is 13.7 Å². The van der Waals surface area contributed by atoms with Crippen molar-refractivity contribution in [2.24, 2.45) is 5.73 Å². The third-order valence-corrected chi connectivity index (χ3v) is 5.06. The van der Waals surface area contributed by atoms with Crippen LogP contribution in [0, 0.1) is 0 Å². The smallest absolute Gasteiger partial charge is 0.242 e. The predicted octanol–water partition coefficient (Wildman–Crippen LogP) is 2.47. The molecule has 1 unspecified atom stereocenters. The maximum atomic E-state index is 12.5. The van der Waals surface area contributed by atoms with Crippen LogP contribution in [0.15, 0.2) is 5.38 Å². The summed E-state index contributed by atoms with van der Waals surface area (Å²) in [6, 6.07) is 0. The van der Waals surface area contributed by atoms with E-state index in [4.69, 9.17) is 10.5 Å². The molecular formula is C15H25N3O2S. The number of rotatable bonds is 6. The second kappa shape index (κ2) is 6.85. The highest BCUT2D eigenvalue weighted by molar-refractivity contribution is 7.09. The van der Waals surface area contributed by atoms with Crippen LogP contribution in [0.4, 0.5) is 0 Å². The van der Waals surface area contributed by atoms with E-state index < -0.39 is 5.54 Å². The van der Waals surface area contributed by atoms with Gasteiger partial charge >= 0.3 is 0 Å². The zero-order valence-electron chi connectivity index (χ0n) is 13.1. The van der Waals surface area contributed by atoms with E-state index in [-0.39, 0.29) is 12.0 Å². The van der Waals surface area contributed by atoms with Crippen LogP contribution in [0.5, 0.6) is 0 Å². The normalized spacial score (nSPS) is 18.7. The third-order valence-electron chi connectivity index (χ3n) is 4.00. The number of carbonyl (C=O) groups is 1. The van der Waals surface area contributed by atoms with Crippen molar-refractivity contribution in [1.29, 1.82) is 0 Å². The van der Waals surface area contributed by atoms with E-state index in [2.05, 4.69) is 4.98 Å². The molecule has 2 rings (SSSR count). The number of amides is 1. The van der Waals surface area contributed by atoms with Gasteiger partial charge in [0.15, 0.2) is 0 Å². The van der Waals surface area contributed by atoms with Crippen molar-refractivity contribution in [3.8, 4) is 0 Å². The Kier molecular flexibility index (Phi) is 5.35. The molecule has 5 nitrogen and oxygen atoms in total. The minimum Gasteiger partial charge on any atom is -0.372 e. The van der Waals surface area contributed by atoms with Crippen molar-refractivity contribution in [3.63, 3.8) is 0 Å². The van der Waals surface area contributed by atoms with E-state index in [1.165, 1.54) is 0 Å². The highest BCUT2D eigenvalue weighted by Gasteiger charge is 2.38. The first-order valence-corrected chi connectivity index (χ1v) is 8.44. The Bertz CT molecular complexity index is 483. The van der Waals surface area contributed by atoms with Crippen LogP contribution < -0.4 is 5.73 Å².